The molecule has 0 aromatic carbocycles. The Morgan fingerprint density at radius 2 is 1.74 bits per heavy atom. The van der Waals surface area contributed by atoms with E-state index >= 15 is 0 Å². The van der Waals surface area contributed by atoms with Crippen LogP contribution >= 0.6 is 11.3 Å². The van der Waals surface area contributed by atoms with Crippen molar-refractivity contribution in [2.45, 2.75) is 47.2 Å². The summed E-state index contributed by atoms with van der Waals surface area (Å²) in [4.78, 5) is 10.4. The zero-order valence-corrected chi connectivity index (χ0v) is 13.1. The normalized spacial score (nSPS) is 11.3. The second-order valence-electron chi connectivity index (χ2n) is 5.20. The van der Waals surface area contributed by atoms with Gasteiger partial charge in [0.05, 0.1) is 5.69 Å². The van der Waals surface area contributed by atoms with E-state index in [9.17, 15) is 0 Å². The van der Waals surface area contributed by atoms with Gasteiger partial charge in [0.2, 0.25) is 0 Å². The first-order valence-corrected chi connectivity index (χ1v) is 7.42. The van der Waals surface area contributed by atoms with Crippen LogP contribution in [0.2, 0.25) is 0 Å². The summed E-state index contributed by atoms with van der Waals surface area (Å²) < 4.78 is 0. The topological polar surface area (TPSA) is 37.8 Å². The van der Waals surface area contributed by atoms with Crippen molar-refractivity contribution in [3.63, 3.8) is 0 Å². The number of aryl methyl sites for hydroxylation is 3. The van der Waals surface area contributed by atoms with Gasteiger partial charge in [0, 0.05) is 34.4 Å². The third kappa shape index (κ3) is 3.61. The predicted molar refractivity (Wildman–Crippen MR) is 81.5 cm³/mol. The van der Waals surface area contributed by atoms with Crippen molar-refractivity contribution in [1.82, 2.24) is 15.3 Å². The maximum absolute atomic E-state index is 4.69. The summed E-state index contributed by atoms with van der Waals surface area (Å²) in [6.07, 6.45) is 0. The molecule has 0 aliphatic heterocycles. The molecule has 0 radical (unpaired) electrons. The molecule has 1 N–H and O–H groups in total. The third-order valence-electron chi connectivity index (χ3n) is 2.89. The molecule has 102 valence electrons. The van der Waals surface area contributed by atoms with E-state index in [1.807, 2.05) is 13.8 Å². The van der Waals surface area contributed by atoms with Crippen LogP contribution in [0.25, 0.3) is 10.6 Å². The fourth-order valence-electron chi connectivity index (χ4n) is 1.97. The van der Waals surface area contributed by atoms with E-state index < -0.39 is 0 Å². The summed E-state index contributed by atoms with van der Waals surface area (Å²) >= 11 is 1.77. The second-order valence-corrected chi connectivity index (χ2v) is 6.29. The van der Waals surface area contributed by atoms with E-state index in [1.165, 1.54) is 10.4 Å². The van der Waals surface area contributed by atoms with Crippen LogP contribution in [0.1, 0.15) is 35.8 Å². The number of hydrogen-bond donors (Lipinski definition) is 1. The lowest BCUT2D eigenvalue weighted by Gasteiger charge is -2.05. The molecule has 0 saturated carbocycles. The number of nitrogens with zero attached hydrogens (tertiary/aromatic N) is 2. The fraction of sp³-hybridized carbons (Fsp3) is 0.467. The number of thiazole rings is 1. The van der Waals surface area contributed by atoms with Crippen LogP contribution in [0, 0.1) is 20.8 Å². The lowest BCUT2D eigenvalue weighted by atomic mass is 10.2. The summed E-state index contributed by atoms with van der Waals surface area (Å²) in [5.74, 6) is 0. The van der Waals surface area contributed by atoms with Gasteiger partial charge in [0.15, 0.2) is 0 Å². The van der Waals surface area contributed by atoms with Crippen LogP contribution in [0.5, 0.6) is 0 Å². The van der Waals surface area contributed by atoms with Gasteiger partial charge in [0.25, 0.3) is 0 Å². The largest absolute Gasteiger partial charge is 0.310 e. The van der Waals surface area contributed by atoms with Crippen LogP contribution in [0.4, 0.5) is 0 Å². The van der Waals surface area contributed by atoms with Gasteiger partial charge in [-0.2, -0.15) is 0 Å². The van der Waals surface area contributed by atoms with Crippen molar-refractivity contribution >= 4 is 11.3 Å². The Morgan fingerprint density at radius 1 is 1.11 bits per heavy atom. The van der Waals surface area contributed by atoms with Gasteiger partial charge >= 0.3 is 0 Å². The molecule has 0 saturated heterocycles. The van der Waals surface area contributed by atoms with E-state index in [0.29, 0.717) is 6.04 Å². The maximum Gasteiger partial charge on any atom is 0.124 e. The molecule has 0 spiro atoms. The highest BCUT2D eigenvalue weighted by Gasteiger charge is 2.10. The van der Waals surface area contributed by atoms with Crippen molar-refractivity contribution in [3.05, 3.63) is 34.1 Å². The lowest BCUT2D eigenvalue weighted by Crippen LogP contribution is -2.21. The molecule has 19 heavy (non-hydrogen) atoms. The maximum atomic E-state index is 4.69. The SMILES string of the molecule is Cc1cc(-c2nc(C)c(CNC(C)C)s2)cc(C)n1. The van der Waals surface area contributed by atoms with Crippen LogP contribution in [-0.4, -0.2) is 16.0 Å². The first-order valence-electron chi connectivity index (χ1n) is 6.61. The van der Waals surface area contributed by atoms with Gasteiger partial charge in [-0.15, -0.1) is 11.3 Å². The van der Waals surface area contributed by atoms with E-state index in [2.05, 4.69) is 43.2 Å². The molecule has 0 unspecified atom stereocenters. The molecule has 0 fully saturated rings. The first-order chi connectivity index (χ1) is 8.95. The summed E-state index contributed by atoms with van der Waals surface area (Å²) in [6.45, 7) is 11.3. The van der Waals surface area contributed by atoms with Crippen molar-refractivity contribution in [3.8, 4) is 10.6 Å². The van der Waals surface area contributed by atoms with E-state index in [-0.39, 0.29) is 0 Å². The van der Waals surface area contributed by atoms with Gasteiger partial charge in [0.1, 0.15) is 5.01 Å². The summed E-state index contributed by atoms with van der Waals surface area (Å²) in [6, 6.07) is 4.70. The molecule has 2 rings (SSSR count). The molecule has 2 aromatic rings. The number of nitrogens with one attached hydrogen (secondary N) is 1. The fourth-order valence-corrected chi connectivity index (χ4v) is 2.97. The van der Waals surface area contributed by atoms with Crippen LogP contribution in [-0.2, 0) is 6.54 Å². The molecule has 0 atom stereocenters. The highest BCUT2D eigenvalue weighted by atomic mass is 32.1. The van der Waals surface area contributed by atoms with Crippen LogP contribution in [0.3, 0.4) is 0 Å². The number of hydrogen-bond acceptors (Lipinski definition) is 4. The Kier molecular flexibility index (Phi) is 4.32. The van der Waals surface area contributed by atoms with E-state index in [1.54, 1.807) is 11.3 Å². The number of aromatic nitrogens is 2. The average Bonchev–Trinajstić information content (AvgIpc) is 2.67. The van der Waals surface area contributed by atoms with Gasteiger partial charge in [-0.1, -0.05) is 13.8 Å². The smallest absolute Gasteiger partial charge is 0.124 e. The average molecular weight is 275 g/mol. The zero-order valence-electron chi connectivity index (χ0n) is 12.2. The highest BCUT2D eigenvalue weighted by molar-refractivity contribution is 7.15. The van der Waals surface area contributed by atoms with Crippen LogP contribution in [0.15, 0.2) is 12.1 Å². The number of pyridine rings is 1. The molecule has 0 aliphatic carbocycles. The summed E-state index contributed by atoms with van der Waals surface area (Å²) in [5, 5.41) is 4.54. The molecule has 0 bridgehead atoms. The summed E-state index contributed by atoms with van der Waals surface area (Å²) in [5.41, 5.74) is 4.39. The Labute approximate surface area is 119 Å². The van der Waals surface area contributed by atoms with Gasteiger partial charge in [-0.05, 0) is 32.9 Å². The Bertz CT molecular complexity index is 553. The number of rotatable bonds is 4. The van der Waals surface area contributed by atoms with E-state index in [0.717, 1.165) is 28.6 Å². The minimum Gasteiger partial charge on any atom is -0.310 e. The standard InChI is InChI=1S/C15H21N3S/c1-9(2)16-8-14-12(5)18-15(19-14)13-6-10(3)17-11(4)7-13/h6-7,9,16H,8H2,1-5H3. The molecule has 2 aromatic heterocycles. The molecule has 0 amide bonds. The molecule has 0 aliphatic rings. The van der Waals surface area contributed by atoms with Crippen molar-refractivity contribution < 1.29 is 0 Å². The van der Waals surface area contributed by atoms with Gasteiger partial charge in [-0.25, -0.2) is 4.98 Å². The van der Waals surface area contributed by atoms with E-state index in [4.69, 9.17) is 4.98 Å². The molecular formula is C15H21N3S. The van der Waals surface area contributed by atoms with Crippen molar-refractivity contribution in [2.24, 2.45) is 0 Å². The van der Waals surface area contributed by atoms with Gasteiger partial charge in [-0.3, -0.25) is 4.98 Å². The Morgan fingerprint density at radius 3 is 2.32 bits per heavy atom. The summed E-state index contributed by atoms with van der Waals surface area (Å²) in [7, 11) is 0. The van der Waals surface area contributed by atoms with Crippen LogP contribution < -0.4 is 5.32 Å². The van der Waals surface area contributed by atoms with Gasteiger partial charge < -0.3 is 5.32 Å². The zero-order chi connectivity index (χ0) is 14.0. The molecular weight excluding hydrogens is 254 g/mol. The second kappa shape index (κ2) is 5.80. The molecule has 4 heteroatoms. The third-order valence-corrected chi connectivity index (χ3v) is 4.10. The lowest BCUT2D eigenvalue weighted by molar-refractivity contribution is 0.591. The minimum atomic E-state index is 0.496. The van der Waals surface area contributed by atoms with Crippen molar-refractivity contribution in [2.75, 3.05) is 0 Å². The highest BCUT2D eigenvalue weighted by Crippen LogP contribution is 2.28. The monoisotopic (exact) mass is 275 g/mol. The minimum absolute atomic E-state index is 0.496. The first kappa shape index (κ1) is 14.2. The van der Waals surface area contributed by atoms with Crippen molar-refractivity contribution in [1.29, 1.82) is 0 Å². The Hall–Kier alpha value is -1.26. The predicted octanol–water partition coefficient (Wildman–Crippen LogP) is 3.63. The quantitative estimate of drug-likeness (QED) is 0.926. The Balaban J connectivity index is 2.28. The molecule has 2 heterocycles. The molecule has 3 nitrogen and oxygen atoms in total.